The second-order valence-electron chi connectivity index (χ2n) is 8.01. The third kappa shape index (κ3) is 6.08. The van der Waals surface area contributed by atoms with Crippen molar-refractivity contribution in [3.63, 3.8) is 0 Å². The lowest BCUT2D eigenvalue weighted by molar-refractivity contribution is 0.249. The van der Waals surface area contributed by atoms with E-state index < -0.39 is 0 Å². The van der Waals surface area contributed by atoms with Crippen LogP contribution in [0.1, 0.15) is 21.0 Å². The Morgan fingerprint density at radius 1 is 0.938 bits per heavy atom. The van der Waals surface area contributed by atoms with Gasteiger partial charge in [-0.3, -0.25) is 9.89 Å². The number of benzene rings is 2. The predicted octanol–water partition coefficient (Wildman–Crippen LogP) is 3.64. The highest BCUT2D eigenvalue weighted by Crippen LogP contribution is 2.18. The first-order chi connectivity index (χ1) is 15.7. The van der Waals surface area contributed by atoms with E-state index >= 15 is 0 Å². The van der Waals surface area contributed by atoms with Crippen LogP contribution in [-0.4, -0.2) is 49.1 Å². The zero-order valence-electron chi connectivity index (χ0n) is 18.9. The Kier molecular flexibility index (Phi) is 7.74. The summed E-state index contributed by atoms with van der Waals surface area (Å²) in [6.07, 6.45) is 1.91. The minimum absolute atomic E-state index is 0.686. The number of para-hydroxylation sites is 1. The molecule has 0 spiro atoms. The number of guanidine groups is 1. The summed E-state index contributed by atoms with van der Waals surface area (Å²) in [4.78, 5) is 15.0. The molecule has 1 saturated heterocycles. The number of aliphatic imine (C=N–C) groups is 1. The van der Waals surface area contributed by atoms with Crippen LogP contribution in [0.4, 0.5) is 5.69 Å². The normalized spacial score (nSPS) is 15.1. The zero-order valence-corrected chi connectivity index (χ0v) is 19.7. The summed E-state index contributed by atoms with van der Waals surface area (Å²) in [5, 5.41) is 7.89. The number of nitrogens with zero attached hydrogens (tertiary/aromatic N) is 4. The lowest BCUT2D eigenvalue weighted by atomic mass is 10.1. The van der Waals surface area contributed by atoms with E-state index in [9.17, 15) is 0 Å². The molecule has 2 N–H and O–H groups in total. The molecule has 4 rings (SSSR count). The van der Waals surface area contributed by atoms with Crippen molar-refractivity contribution in [2.24, 2.45) is 4.99 Å². The first-order valence-electron chi connectivity index (χ1n) is 11.2. The van der Waals surface area contributed by atoms with Crippen molar-refractivity contribution >= 4 is 23.0 Å². The average molecular weight is 449 g/mol. The van der Waals surface area contributed by atoms with Gasteiger partial charge >= 0.3 is 0 Å². The molecule has 0 bridgehead atoms. The Labute approximate surface area is 195 Å². The first-order valence-corrected chi connectivity index (χ1v) is 12.0. The summed E-state index contributed by atoms with van der Waals surface area (Å²) in [6.45, 7) is 8.77. The van der Waals surface area contributed by atoms with Crippen LogP contribution in [0.25, 0.3) is 0 Å². The quantitative estimate of drug-likeness (QED) is 0.427. The highest BCUT2D eigenvalue weighted by molar-refractivity contribution is 7.11. The number of piperazine rings is 1. The third-order valence-corrected chi connectivity index (χ3v) is 6.66. The summed E-state index contributed by atoms with van der Waals surface area (Å²) in [7, 11) is 1.81. The maximum absolute atomic E-state index is 4.41. The second-order valence-corrected chi connectivity index (χ2v) is 9.33. The Morgan fingerprint density at radius 2 is 1.62 bits per heavy atom. The van der Waals surface area contributed by atoms with E-state index in [1.165, 1.54) is 21.7 Å². The van der Waals surface area contributed by atoms with E-state index in [0.29, 0.717) is 6.54 Å². The molecule has 0 radical (unpaired) electrons. The molecular formula is C25H32N6S. The van der Waals surface area contributed by atoms with E-state index in [4.69, 9.17) is 0 Å². The van der Waals surface area contributed by atoms with Gasteiger partial charge in [-0.05, 0) is 30.2 Å². The molecule has 0 aliphatic carbocycles. The smallest absolute Gasteiger partial charge is 0.191 e. The molecule has 1 aromatic heterocycles. The van der Waals surface area contributed by atoms with Gasteiger partial charge in [0.15, 0.2) is 5.96 Å². The van der Waals surface area contributed by atoms with Gasteiger partial charge in [-0.25, -0.2) is 4.98 Å². The third-order valence-electron chi connectivity index (χ3n) is 5.75. The molecule has 0 unspecified atom stereocenters. The Balaban J connectivity index is 1.29. The van der Waals surface area contributed by atoms with Crippen molar-refractivity contribution in [1.29, 1.82) is 0 Å². The Morgan fingerprint density at radius 3 is 2.31 bits per heavy atom. The highest BCUT2D eigenvalue weighted by Gasteiger charge is 2.18. The molecule has 2 aromatic carbocycles. The fraction of sp³-hybridized carbons (Fsp3) is 0.360. The molecule has 6 nitrogen and oxygen atoms in total. The molecule has 0 saturated carbocycles. The first kappa shape index (κ1) is 22.3. The molecule has 1 aliphatic rings. The van der Waals surface area contributed by atoms with Gasteiger partial charge in [-0.1, -0.05) is 42.5 Å². The largest absolute Gasteiger partial charge is 0.369 e. The number of rotatable bonds is 7. The van der Waals surface area contributed by atoms with E-state index in [1.807, 2.05) is 6.20 Å². The minimum atomic E-state index is 0.686. The maximum Gasteiger partial charge on any atom is 0.191 e. The Hall–Kier alpha value is -2.90. The molecule has 3 aromatic rings. The topological polar surface area (TPSA) is 55.8 Å². The van der Waals surface area contributed by atoms with Crippen LogP contribution in [0.5, 0.6) is 0 Å². The van der Waals surface area contributed by atoms with E-state index in [-0.39, 0.29) is 0 Å². The van der Waals surface area contributed by atoms with Gasteiger partial charge in [-0.2, -0.15) is 0 Å². The van der Waals surface area contributed by atoms with Crippen LogP contribution >= 0.6 is 11.3 Å². The van der Waals surface area contributed by atoms with Gasteiger partial charge in [0.2, 0.25) is 0 Å². The van der Waals surface area contributed by atoms with E-state index in [1.54, 1.807) is 18.4 Å². The van der Waals surface area contributed by atoms with Crippen molar-refractivity contribution in [2.75, 3.05) is 38.1 Å². The number of aromatic nitrogens is 1. The molecule has 0 atom stereocenters. The standard InChI is InChI=1S/C25H32N6S/c1-20-16-27-24(32-20)18-29-25(26-2)28-17-21-8-6-7-9-22(21)19-30-12-14-31(15-13-30)23-10-4-3-5-11-23/h3-11,16H,12-15,17-19H2,1-2H3,(H2,26,28,29). The maximum atomic E-state index is 4.41. The van der Waals surface area contributed by atoms with Gasteiger partial charge in [0.1, 0.15) is 5.01 Å². The minimum Gasteiger partial charge on any atom is -0.369 e. The number of aryl methyl sites for hydroxylation is 1. The van der Waals surface area contributed by atoms with Crippen molar-refractivity contribution in [2.45, 2.75) is 26.6 Å². The van der Waals surface area contributed by atoms with Gasteiger partial charge in [0.05, 0.1) is 6.54 Å². The van der Waals surface area contributed by atoms with Crippen molar-refractivity contribution in [1.82, 2.24) is 20.5 Å². The highest BCUT2D eigenvalue weighted by atomic mass is 32.1. The fourth-order valence-corrected chi connectivity index (χ4v) is 4.70. The van der Waals surface area contributed by atoms with Crippen molar-refractivity contribution in [3.8, 4) is 0 Å². The van der Waals surface area contributed by atoms with Crippen molar-refractivity contribution < 1.29 is 0 Å². The molecular weight excluding hydrogens is 416 g/mol. The van der Waals surface area contributed by atoms with Gasteiger partial charge in [0.25, 0.3) is 0 Å². The van der Waals surface area contributed by atoms with Crippen LogP contribution in [0, 0.1) is 6.92 Å². The van der Waals surface area contributed by atoms with Crippen LogP contribution in [-0.2, 0) is 19.6 Å². The average Bonchev–Trinajstić information content (AvgIpc) is 3.26. The molecule has 7 heteroatoms. The zero-order chi connectivity index (χ0) is 22.2. The van der Waals surface area contributed by atoms with Crippen LogP contribution < -0.4 is 15.5 Å². The number of thiazole rings is 1. The summed E-state index contributed by atoms with van der Waals surface area (Å²) < 4.78 is 0. The Bertz CT molecular complexity index is 1010. The predicted molar refractivity (Wildman–Crippen MR) is 134 cm³/mol. The van der Waals surface area contributed by atoms with Crippen LogP contribution in [0.15, 0.2) is 65.8 Å². The fourth-order valence-electron chi connectivity index (χ4n) is 3.97. The van der Waals surface area contributed by atoms with E-state index in [0.717, 1.165) is 50.2 Å². The monoisotopic (exact) mass is 448 g/mol. The molecule has 32 heavy (non-hydrogen) atoms. The number of anilines is 1. The van der Waals surface area contributed by atoms with Crippen molar-refractivity contribution in [3.05, 3.63) is 81.8 Å². The SMILES string of the molecule is CN=C(NCc1ncc(C)s1)NCc1ccccc1CN1CCN(c2ccccc2)CC1. The summed E-state index contributed by atoms with van der Waals surface area (Å²) in [6, 6.07) is 19.4. The lowest BCUT2D eigenvalue weighted by Crippen LogP contribution is -2.46. The molecule has 1 aliphatic heterocycles. The summed E-state index contributed by atoms with van der Waals surface area (Å²) in [5.41, 5.74) is 4.01. The number of hydrogen-bond acceptors (Lipinski definition) is 5. The summed E-state index contributed by atoms with van der Waals surface area (Å²) in [5.74, 6) is 0.795. The second kappa shape index (κ2) is 11.1. The molecule has 0 amide bonds. The number of hydrogen-bond donors (Lipinski definition) is 2. The molecule has 168 valence electrons. The van der Waals surface area contributed by atoms with Gasteiger partial charge < -0.3 is 15.5 Å². The lowest BCUT2D eigenvalue weighted by Gasteiger charge is -2.36. The van der Waals surface area contributed by atoms with Gasteiger partial charge in [0, 0.05) is 63.1 Å². The van der Waals surface area contributed by atoms with E-state index in [2.05, 4.69) is 91.9 Å². The van der Waals surface area contributed by atoms with Crippen LogP contribution in [0.2, 0.25) is 0 Å². The molecule has 1 fully saturated rings. The number of nitrogens with one attached hydrogen (secondary N) is 2. The molecule has 2 heterocycles. The summed E-state index contributed by atoms with van der Waals surface area (Å²) >= 11 is 1.71. The van der Waals surface area contributed by atoms with Crippen LogP contribution in [0.3, 0.4) is 0 Å². The van der Waals surface area contributed by atoms with Gasteiger partial charge in [-0.15, -0.1) is 11.3 Å².